The third-order valence-corrected chi connectivity index (χ3v) is 11.0. The molecule has 7 aromatic rings. The van der Waals surface area contributed by atoms with Crippen molar-refractivity contribution >= 4 is 39.0 Å². The molecule has 0 fully saturated rings. The molecule has 0 radical (unpaired) electrons. The Bertz CT molecular complexity index is 2460. The zero-order valence-electron chi connectivity index (χ0n) is 30.7. The maximum absolute atomic E-state index is 14.0. The van der Waals surface area contributed by atoms with Gasteiger partial charge in [0.2, 0.25) is 0 Å². The lowest BCUT2D eigenvalue weighted by atomic mass is 9.80. The van der Waals surface area contributed by atoms with Crippen LogP contribution >= 0.6 is 0 Å². The van der Waals surface area contributed by atoms with Gasteiger partial charge in [-0.25, -0.2) is 4.79 Å². The molecule has 260 valence electrons. The third kappa shape index (κ3) is 5.10. The molecule has 1 aliphatic rings. The van der Waals surface area contributed by atoms with Crippen molar-refractivity contribution in [3.05, 3.63) is 167 Å². The first kappa shape index (κ1) is 33.3. The van der Waals surface area contributed by atoms with E-state index < -0.39 is 5.60 Å². The lowest BCUT2D eigenvalue weighted by Gasteiger charge is -2.29. The first-order chi connectivity index (χ1) is 25.4. The number of ether oxygens (including phenoxy) is 1. The molecule has 0 N–H and O–H groups in total. The van der Waals surface area contributed by atoms with Gasteiger partial charge in [0.05, 0.1) is 11.3 Å². The summed E-state index contributed by atoms with van der Waals surface area (Å²) < 4.78 is 11.6. The van der Waals surface area contributed by atoms with Gasteiger partial charge in [0.15, 0.2) is 5.60 Å². The van der Waals surface area contributed by atoms with Crippen LogP contribution in [0, 0.1) is 6.92 Å². The van der Waals surface area contributed by atoms with E-state index in [9.17, 15) is 4.79 Å². The highest BCUT2D eigenvalue weighted by atomic mass is 16.6. The number of carbonyl (C=O) groups is 1. The fraction of sp³-hybridized carbons (Fsp3) is 0.213. The van der Waals surface area contributed by atoms with E-state index in [1.54, 1.807) is 0 Å². The minimum atomic E-state index is -1.18. The second kappa shape index (κ2) is 13.4. The third-order valence-electron chi connectivity index (χ3n) is 11.0. The van der Waals surface area contributed by atoms with Crippen LogP contribution in [-0.4, -0.2) is 28.2 Å². The topological polar surface area (TPSA) is 39.4 Å². The Balaban J connectivity index is 1.55. The molecule has 0 bridgehead atoms. The number of carbonyl (C=O) groups excluding carboxylic acids is 1. The lowest BCUT2D eigenvalue weighted by molar-refractivity contribution is 0.0276. The van der Waals surface area contributed by atoms with Crippen molar-refractivity contribution in [3.63, 3.8) is 0 Å². The second-order valence-electron chi connectivity index (χ2n) is 13.5. The zero-order chi connectivity index (χ0) is 36.0. The average Bonchev–Trinajstić information content (AvgIpc) is 3.79. The molecule has 5 aromatic carbocycles. The summed E-state index contributed by atoms with van der Waals surface area (Å²) in [5.41, 5.74) is 11.5. The number of para-hydroxylation sites is 2. The Kier molecular flexibility index (Phi) is 8.58. The lowest BCUT2D eigenvalue weighted by Crippen LogP contribution is -2.27. The van der Waals surface area contributed by atoms with Crippen LogP contribution in [-0.2, 0) is 23.4 Å². The number of rotatable bonds is 10. The van der Waals surface area contributed by atoms with E-state index in [2.05, 4.69) is 164 Å². The van der Waals surface area contributed by atoms with Gasteiger partial charge in [0.1, 0.15) is 0 Å². The van der Waals surface area contributed by atoms with E-state index in [4.69, 9.17) is 4.74 Å². The van der Waals surface area contributed by atoms with Crippen molar-refractivity contribution in [2.75, 3.05) is 18.0 Å². The van der Waals surface area contributed by atoms with Gasteiger partial charge in [0, 0.05) is 81.6 Å². The van der Waals surface area contributed by atoms with E-state index >= 15 is 0 Å². The molecule has 0 spiro atoms. The predicted octanol–water partition coefficient (Wildman–Crippen LogP) is 11.0. The Morgan fingerprint density at radius 1 is 0.673 bits per heavy atom. The quantitative estimate of drug-likeness (QED) is 0.135. The van der Waals surface area contributed by atoms with Crippen molar-refractivity contribution in [2.45, 2.75) is 53.3 Å². The predicted molar refractivity (Wildman–Crippen MR) is 215 cm³/mol. The minimum absolute atomic E-state index is 0.314. The van der Waals surface area contributed by atoms with Crippen molar-refractivity contribution in [1.29, 1.82) is 0 Å². The number of nitrogens with zero attached hydrogens (tertiary/aromatic N) is 3. The van der Waals surface area contributed by atoms with Crippen LogP contribution in [0.4, 0.5) is 5.69 Å². The molecular formula is C47H45N3O2. The number of aromatic nitrogens is 2. The van der Waals surface area contributed by atoms with Crippen LogP contribution in [0.25, 0.3) is 38.6 Å². The number of benzene rings is 5. The van der Waals surface area contributed by atoms with Gasteiger partial charge in [-0.05, 0) is 82.2 Å². The van der Waals surface area contributed by atoms with E-state index in [-0.39, 0.29) is 5.97 Å². The van der Waals surface area contributed by atoms with E-state index in [0.29, 0.717) is 5.56 Å². The van der Waals surface area contributed by atoms with Crippen LogP contribution in [0.2, 0.25) is 0 Å². The largest absolute Gasteiger partial charge is 0.441 e. The molecular weight excluding hydrogens is 639 g/mol. The molecule has 5 heteroatoms. The monoisotopic (exact) mass is 683 g/mol. The van der Waals surface area contributed by atoms with Crippen LogP contribution < -0.4 is 4.90 Å². The molecule has 1 atom stereocenters. The smallest absolute Gasteiger partial charge is 0.340 e. The molecule has 52 heavy (non-hydrogen) atoms. The summed E-state index contributed by atoms with van der Waals surface area (Å²) in [5, 5.41) is 2.33. The first-order valence-electron chi connectivity index (χ1n) is 18.6. The molecule has 8 rings (SSSR count). The van der Waals surface area contributed by atoms with Gasteiger partial charge < -0.3 is 18.8 Å². The molecule has 0 saturated carbocycles. The highest BCUT2D eigenvalue weighted by Crippen LogP contribution is 2.50. The van der Waals surface area contributed by atoms with Gasteiger partial charge in [0.25, 0.3) is 0 Å². The van der Waals surface area contributed by atoms with Crippen LogP contribution in [0.1, 0.15) is 66.0 Å². The Hall–Kier alpha value is -5.81. The van der Waals surface area contributed by atoms with Crippen LogP contribution in [0.3, 0.4) is 0 Å². The number of aryl methyl sites for hydroxylation is 2. The van der Waals surface area contributed by atoms with Crippen molar-refractivity contribution < 1.29 is 9.53 Å². The Morgan fingerprint density at radius 2 is 1.25 bits per heavy atom. The van der Waals surface area contributed by atoms with Crippen molar-refractivity contribution in [3.8, 4) is 11.3 Å². The summed E-state index contributed by atoms with van der Waals surface area (Å²) in [6, 6.07) is 44.6. The minimum Gasteiger partial charge on any atom is -0.441 e. The Labute approximate surface area is 306 Å². The van der Waals surface area contributed by atoms with Gasteiger partial charge in [-0.1, -0.05) is 97.1 Å². The number of anilines is 1. The van der Waals surface area contributed by atoms with E-state index in [0.717, 1.165) is 76.3 Å². The van der Waals surface area contributed by atoms with E-state index in [1.807, 2.05) is 18.2 Å². The van der Waals surface area contributed by atoms with Crippen molar-refractivity contribution in [2.24, 2.45) is 0 Å². The zero-order valence-corrected chi connectivity index (χ0v) is 30.7. The van der Waals surface area contributed by atoms with Gasteiger partial charge in [-0.3, -0.25) is 0 Å². The molecule has 0 amide bonds. The fourth-order valence-electron chi connectivity index (χ4n) is 8.61. The van der Waals surface area contributed by atoms with E-state index in [1.165, 1.54) is 22.1 Å². The number of hydrogen-bond acceptors (Lipinski definition) is 3. The molecule has 2 aromatic heterocycles. The molecule has 0 saturated heterocycles. The molecule has 1 aliphatic heterocycles. The van der Waals surface area contributed by atoms with Gasteiger partial charge in [-0.2, -0.15) is 0 Å². The number of cyclic esters (lactones) is 1. The van der Waals surface area contributed by atoms with Crippen molar-refractivity contribution in [1.82, 2.24) is 9.13 Å². The number of hydrogen-bond donors (Lipinski definition) is 0. The van der Waals surface area contributed by atoms with Crippen LogP contribution in [0.5, 0.6) is 0 Å². The SMILES string of the molecule is CCN(CC)c1ccc(C2(/C=C(/c3c(C)n(CC)c4ccccc34)c3c(-c4ccccc4)n(CC)c4ccccc34)OC(=O)c3ccccc32)cc1. The average molecular weight is 684 g/mol. The summed E-state index contributed by atoms with van der Waals surface area (Å²) in [6.07, 6.45) is 2.27. The first-order valence-corrected chi connectivity index (χ1v) is 18.6. The summed E-state index contributed by atoms with van der Waals surface area (Å²) in [5.74, 6) is -0.314. The molecule has 5 nitrogen and oxygen atoms in total. The molecule has 1 unspecified atom stereocenters. The maximum atomic E-state index is 14.0. The molecule has 0 aliphatic carbocycles. The second-order valence-corrected chi connectivity index (χ2v) is 13.5. The standard InChI is InChI=1S/C47H45N3O2/c1-6-48(7-2)35-29-27-34(28-30-35)47(40-24-16-13-21-36(40)46(51)52-47)31-39(43-32(5)49(8-3)41-25-17-14-22-37(41)43)44-38-23-15-18-26-42(38)50(9-4)45(44)33-19-11-10-12-20-33/h10-31H,6-9H2,1-5H3/b39-31-. The molecule has 3 heterocycles. The number of esters is 1. The summed E-state index contributed by atoms with van der Waals surface area (Å²) in [6.45, 7) is 14.5. The summed E-state index contributed by atoms with van der Waals surface area (Å²) in [4.78, 5) is 16.3. The Morgan fingerprint density at radius 3 is 1.90 bits per heavy atom. The van der Waals surface area contributed by atoms with Gasteiger partial charge in [-0.15, -0.1) is 0 Å². The normalized spacial score (nSPS) is 15.7. The van der Waals surface area contributed by atoms with Gasteiger partial charge >= 0.3 is 5.97 Å². The summed E-state index contributed by atoms with van der Waals surface area (Å²) >= 11 is 0. The fourth-order valence-corrected chi connectivity index (χ4v) is 8.61. The summed E-state index contributed by atoms with van der Waals surface area (Å²) in [7, 11) is 0. The highest BCUT2D eigenvalue weighted by molar-refractivity contribution is 6.10. The highest BCUT2D eigenvalue weighted by Gasteiger charge is 2.46. The van der Waals surface area contributed by atoms with Crippen LogP contribution in [0.15, 0.2) is 133 Å². The number of fused-ring (bicyclic) bond motifs is 3. The maximum Gasteiger partial charge on any atom is 0.340 e.